The van der Waals surface area contributed by atoms with E-state index >= 15 is 0 Å². The van der Waals surface area contributed by atoms with Gasteiger partial charge in [-0.05, 0) is 29.8 Å². The molecule has 2 amide bonds. The number of halogens is 3. The Morgan fingerprint density at radius 1 is 1.07 bits per heavy atom. The van der Waals surface area contributed by atoms with E-state index in [1.54, 1.807) is 42.5 Å². The van der Waals surface area contributed by atoms with Crippen LogP contribution in [0, 0.1) is 5.92 Å². The number of carbonyl (C=O) groups excluding carboxylic acids is 3. The molecule has 138 valence electrons. The Kier molecular flexibility index (Phi) is 5.58. The van der Waals surface area contributed by atoms with E-state index in [4.69, 9.17) is 23.2 Å². The van der Waals surface area contributed by atoms with Gasteiger partial charge in [0, 0.05) is 12.1 Å². The van der Waals surface area contributed by atoms with Crippen LogP contribution in [-0.4, -0.2) is 17.6 Å². The molecule has 0 aliphatic carbocycles. The van der Waals surface area contributed by atoms with Crippen LogP contribution in [0.2, 0.25) is 10.0 Å². The van der Waals surface area contributed by atoms with Crippen molar-refractivity contribution in [3.05, 3.63) is 70.0 Å². The molecular formula is C19H13Cl2FN2O3. The minimum absolute atomic E-state index is 0.151. The molecule has 1 heterocycles. The molecule has 0 bridgehead atoms. The second kappa shape index (κ2) is 7.90. The summed E-state index contributed by atoms with van der Waals surface area (Å²) in [6.45, 7) is 0. The molecule has 2 N–H and O–H groups in total. The number of imide groups is 1. The quantitative estimate of drug-likeness (QED) is 0.581. The van der Waals surface area contributed by atoms with Crippen LogP contribution in [0.5, 0.6) is 0 Å². The average Bonchev–Trinajstić information content (AvgIpc) is 2.62. The molecule has 0 spiro atoms. The summed E-state index contributed by atoms with van der Waals surface area (Å²) in [5, 5.41) is 5.71. The number of ketones is 1. The van der Waals surface area contributed by atoms with Gasteiger partial charge in [0.1, 0.15) is 5.92 Å². The summed E-state index contributed by atoms with van der Waals surface area (Å²) in [6.07, 6.45) is 0.589. The van der Waals surface area contributed by atoms with Crippen LogP contribution < -0.4 is 10.6 Å². The third kappa shape index (κ3) is 4.18. The van der Waals surface area contributed by atoms with Crippen molar-refractivity contribution in [2.24, 2.45) is 5.92 Å². The third-order valence-corrected chi connectivity index (χ3v) is 4.63. The maximum atomic E-state index is 13.5. The van der Waals surface area contributed by atoms with Crippen molar-refractivity contribution < 1.29 is 18.8 Å². The Bertz CT molecular complexity index is 955. The zero-order valence-electron chi connectivity index (χ0n) is 13.8. The van der Waals surface area contributed by atoms with Gasteiger partial charge >= 0.3 is 0 Å². The number of benzene rings is 2. The van der Waals surface area contributed by atoms with Gasteiger partial charge in [0.15, 0.2) is 11.6 Å². The molecule has 0 radical (unpaired) electrons. The summed E-state index contributed by atoms with van der Waals surface area (Å²) < 4.78 is 13.5. The fraction of sp³-hybridized carbons (Fsp3) is 0.105. The Balaban J connectivity index is 1.85. The fourth-order valence-electron chi connectivity index (χ4n) is 2.63. The van der Waals surface area contributed by atoms with Crippen LogP contribution in [0.1, 0.15) is 5.56 Å². The van der Waals surface area contributed by atoms with E-state index < -0.39 is 29.3 Å². The number of Topliss-reactive ketones (excluding diaryl/α,β-unsaturated/α-hetero) is 1. The number of rotatable bonds is 5. The highest BCUT2D eigenvalue weighted by atomic mass is 35.5. The molecule has 0 saturated carbocycles. The molecule has 2 aromatic rings. The van der Waals surface area contributed by atoms with Crippen molar-refractivity contribution in [1.82, 2.24) is 5.32 Å². The van der Waals surface area contributed by atoms with Gasteiger partial charge in [-0.25, -0.2) is 4.39 Å². The average molecular weight is 407 g/mol. The second-order valence-electron chi connectivity index (χ2n) is 5.83. The van der Waals surface area contributed by atoms with E-state index in [9.17, 15) is 18.8 Å². The van der Waals surface area contributed by atoms with Crippen LogP contribution in [0.15, 0.2) is 54.4 Å². The number of amides is 2. The van der Waals surface area contributed by atoms with Crippen LogP contribution in [0.4, 0.5) is 15.8 Å². The molecular weight excluding hydrogens is 394 g/mol. The van der Waals surface area contributed by atoms with Crippen LogP contribution >= 0.6 is 23.2 Å². The smallest absolute Gasteiger partial charge is 0.286 e. The zero-order valence-corrected chi connectivity index (χ0v) is 15.3. The maximum Gasteiger partial charge on any atom is 0.286 e. The van der Waals surface area contributed by atoms with Crippen LogP contribution in [-0.2, 0) is 20.8 Å². The summed E-state index contributed by atoms with van der Waals surface area (Å²) in [5.74, 6) is -5.04. The van der Waals surface area contributed by atoms with Gasteiger partial charge in [-0.15, -0.1) is 0 Å². The van der Waals surface area contributed by atoms with E-state index in [1.165, 1.54) is 0 Å². The lowest BCUT2D eigenvalue weighted by Gasteiger charge is -2.18. The third-order valence-electron chi connectivity index (χ3n) is 4.00. The normalized spacial score (nSPS) is 16.6. The Hall–Kier alpha value is -2.70. The lowest BCUT2D eigenvalue weighted by atomic mass is 9.94. The SMILES string of the molecule is O=C1NC(=O)C(C(=O)Cc2ccccc2Nc2c(Cl)cccc2Cl)C=C1F. The number of nitrogens with one attached hydrogen (secondary N) is 2. The molecule has 1 atom stereocenters. The Morgan fingerprint density at radius 2 is 1.74 bits per heavy atom. The van der Waals surface area contributed by atoms with E-state index in [0.29, 0.717) is 27.0 Å². The zero-order chi connectivity index (χ0) is 19.6. The number of carbonyl (C=O) groups is 3. The lowest BCUT2D eigenvalue weighted by molar-refractivity contribution is -0.136. The van der Waals surface area contributed by atoms with E-state index in [0.717, 1.165) is 6.08 Å². The summed E-state index contributed by atoms with van der Waals surface area (Å²) in [6, 6.07) is 11.9. The highest BCUT2D eigenvalue weighted by molar-refractivity contribution is 6.39. The molecule has 1 aliphatic rings. The molecule has 5 nitrogen and oxygen atoms in total. The van der Waals surface area contributed by atoms with Gasteiger partial charge in [-0.2, -0.15) is 0 Å². The number of hydrogen-bond donors (Lipinski definition) is 2. The van der Waals surface area contributed by atoms with Crippen molar-refractivity contribution in [3.63, 3.8) is 0 Å². The van der Waals surface area contributed by atoms with E-state index in [1.807, 2.05) is 5.32 Å². The number of para-hydroxylation sites is 2. The maximum absolute atomic E-state index is 13.5. The largest absolute Gasteiger partial charge is 0.353 e. The van der Waals surface area contributed by atoms with Gasteiger partial charge in [-0.1, -0.05) is 47.5 Å². The van der Waals surface area contributed by atoms with Crippen molar-refractivity contribution in [2.45, 2.75) is 6.42 Å². The molecule has 0 fully saturated rings. The molecule has 0 aromatic heterocycles. The predicted molar refractivity (Wildman–Crippen MR) is 101 cm³/mol. The van der Waals surface area contributed by atoms with Gasteiger partial charge in [-0.3, -0.25) is 19.7 Å². The molecule has 1 unspecified atom stereocenters. The highest BCUT2D eigenvalue weighted by Crippen LogP contribution is 2.33. The Morgan fingerprint density at radius 3 is 2.44 bits per heavy atom. The molecule has 1 aliphatic heterocycles. The first-order chi connectivity index (χ1) is 12.9. The summed E-state index contributed by atoms with van der Waals surface area (Å²) in [7, 11) is 0. The van der Waals surface area contributed by atoms with Gasteiger partial charge < -0.3 is 5.32 Å². The molecule has 3 rings (SSSR count). The topological polar surface area (TPSA) is 75.3 Å². The predicted octanol–water partition coefficient (Wildman–Crippen LogP) is 3.97. The molecule has 27 heavy (non-hydrogen) atoms. The van der Waals surface area contributed by atoms with Crippen molar-refractivity contribution in [2.75, 3.05) is 5.32 Å². The second-order valence-corrected chi connectivity index (χ2v) is 6.65. The summed E-state index contributed by atoms with van der Waals surface area (Å²) in [4.78, 5) is 35.5. The van der Waals surface area contributed by atoms with Crippen LogP contribution in [0.3, 0.4) is 0 Å². The van der Waals surface area contributed by atoms with Crippen molar-refractivity contribution in [1.29, 1.82) is 0 Å². The first kappa shape index (κ1) is 19.1. The molecule has 0 saturated heterocycles. The first-order valence-electron chi connectivity index (χ1n) is 7.91. The number of anilines is 2. The minimum Gasteiger partial charge on any atom is -0.353 e. The Labute approximate surface area is 164 Å². The van der Waals surface area contributed by atoms with Crippen LogP contribution in [0.25, 0.3) is 0 Å². The standard InChI is InChI=1S/C19H13Cl2FN2O3/c20-12-5-3-6-13(21)17(12)23-15-7-2-1-4-10(15)8-16(25)11-9-14(22)19(27)24-18(11)26/h1-7,9,11,23H,8H2,(H,24,26,27). The molecule has 2 aromatic carbocycles. The fourth-order valence-corrected chi connectivity index (χ4v) is 3.12. The van der Waals surface area contributed by atoms with Crippen molar-refractivity contribution >= 4 is 52.2 Å². The first-order valence-corrected chi connectivity index (χ1v) is 8.66. The highest BCUT2D eigenvalue weighted by Gasteiger charge is 2.32. The lowest BCUT2D eigenvalue weighted by Crippen LogP contribution is -2.42. The number of hydrogen-bond acceptors (Lipinski definition) is 4. The van der Waals surface area contributed by atoms with E-state index in [-0.39, 0.29) is 6.42 Å². The summed E-state index contributed by atoms with van der Waals surface area (Å²) >= 11 is 12.3. The summed E-state index contributed by atoms with van der Waals surface area (Å²) in [5.41, 5.74) is 1.61. The van der Waals surface area contributed by atoms with Crippen molar-refractivity contribution in [3.8, 4) is 0 Å². The van der Waals surface area contributed by atoms with Gasteiger partial charge in [0.05, 0.1) is 15.7 Å². The molecule has 8 heteroatoms. The van der Waals surface area contributed by atoms with Gasteiger partial charge in [0.2, 0.25) is 5.91 Å². The minimum atomic E-state index is -1.36. The monoisotopic (exact) mass is 406 g/mol. The van der Waals surface area contributed by atoms with E-state index in [2.05, 4.69) is 5.32 Å². The van der Waals surface area contributed by atoms with Gasteiger partial charge in [0.25, 0.3) is 5.91 Å².